The predicted octanol–water partition coefficient (Wildman–Crippen LogP) is 2.53. The van der Waals surface area contributed by atoms with Gasteiger partial charge in [-0.15, -0.1) is 0 Å². The Morgan fingerprint density at radius 2 is 1.56 bits per heavy atom. The molecule has 1 saturated heterocycles. The van der Waals surface area contributed by atoms with Gasteiger partial charge in [-0.25, -0.2) is 9.59 Å². The largest absolute Gasteiger partial charge is 0.459 e. The van der Waals surface area contributed by atoms with Crippen LogP contribution in [-0.4, -0.2) is 46.5 Å². The summed E-state index contributed by atoms with van der Waals surface area (Å²) in [4.78, 5) is 37.7. The third kappa shape index (κ3) is 5.14. The highest BCUT2D eigenvalue weighted by molar-refractivity contribution is 5.90. The number of aliphatic hydroxyl groups excluding tert-OH is 1. The molecule has 3 N–H and O–H groups in total. The van der Waals surface area contributed by atoms with Gasteiger partial charge in [-0.05, 0) is 44.2 Å². The summed E-state index contributed by atoms with van der Waals surface area (Å²) in [5.41, 5.74) is 6.36. The maximum Gasteiger partial charge on any atom is 0.338 e. The molecule has 188 valence electrons. The molecule has 0 bridgehead atoms. The van der Waals surface area contributed by atoms with Gasteiger partial charge in [-0.1, -0.05) is 35.4 Å². The Labute approximate surface area is 205 Å². The number of halogens is 1. The summed E-state index contributed by atoms with van der Waals surface area (Å²) in [5, 5.41) is 11.0. The zero-order valence-corrected chi connectivity index (χ0v) is 19.6. The molecule has 0 radical (unpaired) electrons. The summed E-state index contributed by atoms with van der Waals surface area (Å²) < 4.78 is 31.6. The fourth-order valence-corrected chi connectivity index (χ4v) is 3.78. The molecule has 1 unspecified atom stereocenters. The van der Waals surface area contributed by atoms with Gasteiger partial charge in [-0.3, -0.25) is 9.36 Å². The predicted molar refractivity (Wildman–Crippen MR) is 127 cm³/mol. The number of anilines is 1. The molecular formula is C26H25FN2O7. The van der Waals surface area contributed by atoms with Gasteiger partial charge >= 0.3 is 11.9 Å². The lowest BCUT2D eigenvalue weighted by Gasteiger charge is -2.21. The number of aliphatic hydroxyl groups is 1. The molecule has 1 aliphatic heterocycles. The molecule has 0 saturated carbocycles. The van der Waals surface area contributed by atoms with Crippen molar-refractivity contribution in [1.29, 1.82) is 0 Å². The fourth-order valence-electron chi connectivity index (χ4n) is 3.78. The number of nitrogens with zero attached hydrogens (tertiary/aromatic N) is 1. The van der Waals surface area contributed by atoms with Crippen LogP contribution in [-0.2, 0) is 14.2 Å². The van der Waals surface area contributed by atoms with E-state index in [1.807, 2.05) is 13.8 Å². The minimum Gasteiger partial charge on any atom is -0.459 e. The highest BCUT2D eigenvalue weighted by Gasteiger charge is 2.48. The fraction of sp³-hybridized carbons (Fsp3) is 0.269. The van der Waals surface area contributed by atoms with E-state index in [-0.39, 0.29) is 11.3 Å². The van der Waals surface area contributed by atoms with Crippen LogP contribution in [0.15, 0.2) is 65.6 Å². The molecule has 9 nitrogen and oxygen atoms in total. The molecule has 4 atom stereocenters. The summed E-state index contributed by atoms with van der Waals surface area (Å²) in [6.45, 7) is 3.33. The molecule has 4 rings (SSSR count). The Bertz CT molecular complexity index is 1320. The van der Waals surface area contributed by atoms with Crippen LogP contribution >= 0.6 is 0 Å². The number of rotatable bonds is 6. The van der Waals surface area contributed by atoms with Crippen molar-refractivity contribution in [3.8, 4) is 0 Å². The van der Waals surface area contributed by atoms with Gasteiger partial charge in [0.2, 0.25) is 5.82 Å². The van der Waals surface area contributed by atoms with E-state index < -0.39 is 54.5 Å². The molecular weight excluding hydrogens is 471 g/mol. The molecule has 1 aliphatic rings. The van der Waals surface area contributed by atoms with Crippen LogP contribution in [0.1, 0.15) is 38.1 Å². The Hall–Kier alpha value is -4.02. The van der Waals surface area contributed by atoms with E-state index >= 15 is 0 Å². The third-order valence-electron chi connectivity index (χ3n) is 5.87. The summed E-state index contributed by atoms with van der Waals surface area (Å²) in [6.07, 6.45) is -4.33. The molecule has 1 aromatic heterocycles. The highest BCUT2D eigenvalue weighted by atomic mass is 19.1. The number of esters is 2. The second kappa shape index (κ2) is 10.3. The Balaban J connectivity index is 1.58. The van der Waals surface area contributed by atoms with Crippen molar-refractivity contribution >= 4 is 17.6 Å². The van der Waals surface area contributed by atoms with Gasteiger partial charge in [-0.2, -0.15) is 4.39 Å². The lowest BCUT2D eigenvalue weighted by molar-refractivity contribution is -0.0612. The Kier molecular flexibility index (Phi) is 7.18. The van der Waals surface area contributed by atoms with Crippen LogP contribution in [0.25, 0.3) is 0 Å². The van der Waals surface area contributed by atoms with Crippen molar-refractivity contribution in [1.82, 2.24) is 4.57 Å². The van der Waals surface area contributed by atoms with E-state index in [0.717, 1.165) is 28.0 Å². The standard InChI is InChI=1S/C26H25FN2O7/c1-14-3-7-16(8-4-14)25(32)34-13-19-22(36-26(33)17-9-5-15(2)6-10-17)21(30)24(35-19)29-12-11-18(28)20(27)23(29)31/h3-12,19,21-22,24,30H,13,28H2,1-2H3/t19?,21-,22-,24+/m1/s1. The first-order valence-corrected chi connectivity index (χ1v) is 11.2. The average molecular weight is 496 g/mol. The molecule has 2 heterocycles. The van der Waals surface area contributed by atoms with Crippen molar-refractivity contribution in [3.63, 3.8) is 0 Å². The molecule has 3 aromatic rings. The zero-order valence-electron chi connectivity index (χ0n) is 19.6. The molecule has 0 aliphatic carbocycles. The zero-order chi connectivity index (χ0) is 26.0. The maximum absolute atomic E-state index is 14.1. The molecule has 0 amide bonds. The first-order valence-electron chi connectivity index (χ1n) is 11.2. The van der Waals surface area contributed by atoms with E-state index in [1.54, 1.807) is 48.5 Å². The minimum atomic E-state index is -1.58. The minimum absolute atomic E-state index is 0.224. The second-order valence-electron chi connectivity index (χ2n) is 8.55. The number of carbonyl (C=O) groups excluding carboxylic acids is 2. The molecule has 10 heteroatoms. The van der Waals surface area contributed by atoms with E-state index in [1.165, 1.54) is 0 Å². The van der Waals surface area contributed by atoms with Crippen LogP contribution in [0.2, 0.25) is 0 Å². The van der Waals surface area contributed by atoms with Crippen molar-refractivity contribution in [2.45, 2.75) is 38.4 Å². The number of aromatic nitrogens is 1. The van der Waals surface area contributed by atoms with Crippen LogP contribution in [0.5, 0.6) is 0 Å². The van der Waals surface area contributed by atoms with Gasteiger partial charge in [0.15, 0.2) is 12.3 Å². The van der Waals surface area contributed by atoms with Crippen molar-refractivity contribution in [2.24, 2.45) is 0 Å². The van der Waals surface area contributed by atoms with Gasteiger partial charge in [0, 0.05) is 6.20 Å². The van der Waals surface area contributed by atoms with Crippen LogP contribution in [0.4, 0.5) is 10.1 Å². The number of ether oxygens (including phenoxy) is 3. The van der Waals surface area contributed by atoms with E-state index in [9.17, 15) is 23.9 Å². The summed E-state index contributed by atoms with van der Waals surface area (Å²) in [6, 6.07) is 14.4. The summed E-state index contributed by atoms with van der Waals surface area (Å²) in [5.74, 6) is -2.62. The second-order valence-corrected chi connectivity index (χ2v) is 8.55. The third-order valence-corrected chi connectivity index (χ3v) is 5.87. The number of nitrogen functional groups attached to an aromatic ring is 1. The van der Waals surface area contributed by atoms with Gasteiger partial charge < -0.3 is 25.1 Å². The first kappa shape index (κ1) is 25.1. The number of benzene rings is 2. The Morgan fingerprint density at radius 1 is 1.00 bits per heavy atom. The maximum atomic E-state index is 14.1. The van der Waals surface area contributed by atoms with Crippen LogP contribution in [0.3, 0.4) is 0 Å². The number of hydrogen-bond donors (Lipinski definition) is 2. The molecule has 1 fully saturated rings. The van der Waals surface area contributed by atoms with Crippen molar-refractivity contribution in [3.05, 3.63) is 99.2 Å². The summed E-state index contributed by atoms with van der Waals surface area (Å²) >= 11 is 0. The van der Waals surface area contributed by atoms with Gasteiger partial charge in [0.05, 0.1) is 16.8 Å². The lowest BCUT2D eigenvalue weighted by atomic mass is 10.1. The van der Waals surface area contributed by atoms with Crippen molar-refractivity contribution in [2.75, 3.05) is 12.3 Å². The number of nitrogens with two attached hydrogens (primary N) is 1. The molecule has 2 aromatic carbocycles. The van der Waals surface area contributed by atoms with E-state index in [4.69, 9.17) is 19.9 Å². The monoisotopic (exact) mass is 496 g/mol. The normalized spacial score (nSPS) is 21.2. The quantitative estimate of drug-likeness (QED) is 0.498. The SMILES string of the molecule is Cc1ccc(C(=O)OCC2O[C@H](n3ccc(N)c(F)c3=O)[C@H](O)[C@@H]2OC(=O)c2ccc(C)cc2)cc1. The summed E-state index contributed by atoms with van der Waals surface area (Å²) in [7, 11) is 0. The number of carbonyl (C=O) groups is 2. The van der Waals surface area contributed by atoms with E-state index in [2.05, 4.69) is 0 Å². The van der Waals surface area contributed by atoms with Crippen LogP contribution in [0, 0.1) is 19.7 Å². The average Bonchev–Trinajstić information content (AvgIpc) is 3.16. The van der Waals surface area contributed by atoms with Gasteiger partial charge in [0.25, 0.3) is 5.56 Å². The lowest BCUT2D eigenvalue weighted by Crippen LogP contribution is -2.39. The topological polar surface area (TPSA) is 130 Å². The van der Waals surface area contributed by atoms with Crippen LogP contribution < -0.4 is 11.3 Å². The van der Waals surface area contributed by atoms with Gasteiger partial charge in [0.1, 0.15) is 18.8 Å². The number of hydrogen-bond acceptors (Lipinski definition) is 8. The highest BCUT2D eigenvalue weighted by Crippen LogP contribution is 2.32. The Morgan fingerprint density at radius 3 is 2.14 bits per heavy atom. The number of pyridine rings is 1. The first-order chi connectivity index (χ1) is 17.2. The smallest absolute Gasteiger partial charge is 0.338 e. The van der Waals surface area contributed by atoms with Crippen molar-refractivity contribution < 1.29 is 33.3 Å². The van der Waals surface area contributed by atoms with E-state index in [0.29, 0.717) is 5.56 Å². The molecule has 36 heavy (non-hydrogen) atoms. The number of aryl methyl sites for hydroxylation is 2. The molecule has 0 spiro atoms.